The molecule has 0 bridgehead atoms. The van der Waals surface area contributed by atoms with Crippen LogP contribution in [0.2, 0.25) is 0 Å². The molecule has 2 aliphatic heterocycles. The lowest BCUT2D eigenvalue weighted by molar-refractivity contribution is -0.117. The van der Waals surface area contributed by atoms with Crippen molar-refractivity contribution in [1.29, 1.82) is 0 Å². The minimum atomic E-state index is 0.393. The van der Waals surface area contributed by atoms with Crippen LogP contribution in [-0.4, -0.2) is 31.3 Å². The predicted octanol–water partition coefficient (Wildman–Crippen LogP) is 1.28. The van der Waals surface area contributed by atoms with Crippen molar-refractivity contribution >= 4 is 11.6 Å². The lowest BCUT2D eigenvalue weighted by atomic mass is 9.78. The van der Waals surface area contributed by atoms with E-state index < -0.39 is 0 Å². The van der Waals surface area contributed by atoms with Gasteiger partial charge in [-0.3, -0.25) is 0 Å². The lowest BCUT2D eigenvalue weighted by Crippen LogP contribution is -2.54. The number of piperidine rings is 1. The summed E-state index contributed by atoms with van der Waals surface area (Å²) in [5.41, 5.74) is 6.11. The molecular weight excluding hydrogens is 202 g/mol. The van der Waals surface area contributed by atoms with E-state index in [1.54, 1.807) is 0 Å². The number of pyridine rings is 1. The SMILES string of the molecule is Nc1cccc(N2CCCC3(COC3)C2)n1. The average Bonchev–Trinajstić information content (AvgIpc) is 2.27. The number of nitrogen functional groups attached to an aromatic ring is 1. The molecule has 1 aromatic rings. The van der Waals surface area contributed by atoms with Gasteiger partial charge >= 0.3 is 0 Å². The summed E-state index contributed by atoms with van der Waals surface area (Å²) >= 11 is 0. The van der Waals surface area contributed by atoms with Gasteiger partial charge in [0.15, 0.2) is 0 Å². The van der Waals surface area contributed by atoms with Crippen LogP contribution in [0.15, 0.2) is 18.2 Å². The molecule has 0 aromatic carbocycles. The number of hydrogen-bond donors (Lipinski definition) is 1. The van der Waals surface area contributed by atoms with Crippen molar-refractivity contribution in [3.8, 4) is 0 Å². The van der Waals surface area contributed by atoms with Gasteiger partial charge in [-0.25, -0.2) is 4.98 Å². The molecule has 0 radical (unpaired) electrons. The van der Waals surface area contributed by atoms with Gasteiger partial charge in [-0.1, -0.05) is 6.07 Å². The van der Waals surface area contributed by atoms with Crippen LogP contribution in [0.1, 0.15) is 12.8 Å². The summed E-state index contributed by atoms with van der Waals surface area (Å²) in [6, 6.07) is 5.83. The zero-order valence-electron chi connectivity index (χ0n) is 9.35. The smallest absolute Gasteiger partial charge is 0.130 e. The van der Waals surface area contributed by atoms with Crippen molar-refractivity contribution < 1.29 is 4.74 Å². The van der Waals surface area contributed by atoms with Crippen LogP contribution in [0.3, 0.4) is 0 Å². The molecule has 3 heterocycles. The third-order valence-corrected chi connectivity index (χ3v) is 3.56. The Labute approximate surface area is 95.4 Å². The number of ether oxygens (including phenoxy) is 1. The van der Waals surface area contributed by atoms with Crippen LogP contribution in [0.5, 0.6) is 0 Å². The summed E-state index contributed by atoms with van der Waals surface area (Å²) in [5.74, 6) is 1.60. The van der Waals surface area contributed by atoms with Crippen molar-refractivity contribution in [2.45, 2.75) is 12.8 Å². The third-order valence-electron chi connectivity index (χ3n) is 3.56. The van der Waals surface area contributed by atoms with Crippen molar-refractivity contribution in [3.05, 3.63) is 18.2 Å². The van der Waals surface area contributed by atoms with Crippen LogP contribution < -0.4 is 10.6 Å². The largest absolute Gasteiger partial charge is 0.384 e. The first-order valence-corrected chi connectivity index (χ1v) is 5.83. The van der Waals surface area contributed by atoms with E-state index in [1.807, 2.05) is 18.2 Å². The van der Waals surface area contributed by atoms with Gasteiger partial charge in [-0.2, -0.15) is 0 Å². The highest BCUT2D eigenvalue weighted by atomic mass is 16.5. The summed E-state index contributed by atoms with van der Waals surface area (Å²) in [6.45, 7) is 3.96. The number of nitrogens with zero attached hydrogens (tertiary/aromatic N) is 2. The van der Waals surface area contributed by atoms with Crippen LogP contribution in [-0.2, 0) is 4.74 Å². The van der Waals surface area contributed by atoms with Crippen molar-refractivity contribution in [3.63, 3.8) is 0 Å². The van der Waals surface area contributed by atoms with E-state index in [9.17, 15) is 0 Å². The molecule has 1 spiro atoms. The summed E-state index contributed by atoms with van der Waals surface area (Å²) in [7, 11) is 0. The summed E-state index contributed by atoms with van der Waals surface area (Å²) < 4.78 is 5.35. The zero-order chi connectivity index (χ0) is 11.0. The van der Waals surface area contributed by atoms with Gasteiger partial charge in [0.05, 0.1) is 13.2 Å². The number of rotatable bonds is 1. The Kier molecular flexibility index (Phi) is 2.24. The summed E-state index contributed by atoms with van der Waals surface area (Å²) in [5, 5.41) is 0. The average molecular weight is 219 g/mol. The Morgan fingerprint density at radius 1 is 1.38 bits per heavy atom. The molecule has 0 atom stereocenters. The fraction of sp³-hybridized carbons (Fsp3) is 0.583. The Bertz CT molecular complexity index is 390. The van der Waals surface area contributed by atoms with Crippen LogP contribution in [0.25, 0.3) is 0 Å². The molecule has 2 fully saturated rings. The molecule has 4 heteroatoms. The Morgan fingerprint density at radius 3 is 2.94 bits per heavy atom. The minimum Gasteiger partial charge on any atom is -0.384 e. The molecule has 1 aromatic heterocycles. The molecule has 2 aliphatic rings. The van der Waals surface area contributed by atoms with Crippen LogP contribution in [0.4, 0.5) is 11.6 Å². The van der Waals surface area contributed by atoms with Gasteiger partial charge in [-0.05, 0) is 25.0 Å². The second-order valence-electron chi connectivity index (χ2n) is 4.94. The Morgan fingerprint density at radius 2 is 2.25 bits per heavy atom. The van der Waals surface area contributed by atoms with E-state index in [2.05, 4.69) is 9.88 Å². The quantitative estimate of drug-likeness (QED) is 0.773. The summed E-state index contributed by atoms with van der Waals surface area (Å²) in [6.07, 6.45) is 2.51. The topological polar surface area (TPSA) is 51.4 Å². The normalized spacial score (nSPS) is 23.1. The number of aromatic nitrogens is 1. The van der Waals surface area contributed by atoms with Crippen molar-refractivity contribution in [1.82, 2.24) is 4.98 Å². The van der Waals surface area contributed by atoms with Gasteiger partial charge in [-0.15, -0.1) is 0 Å². The number of anilines is 2. The molecule has 2 saturated heterocycles. The second kappa shape index (κ2) is 3.63. The Balaban J connectivity index is 1.79. The van der Waals surface area contributed by atoms with Gasteiger partial charge < -0.3 is 15.4 Å². The maximum absolute atomic E-state index is 5.72. The molecule has 3 rings (SSSR count). The van der Waals surface area contributed by atoms with E-state index in [1.165, 1.54) is 12.8 Å². The second-order valence-corrected chi connectivity index (χ2v) is 4.94. The maximum atomic E-state index is 5.72. The molecule has 0 aliphatic carbocycles. The fourth-order valence-electron chi connectivity index (χ4n) is 2.65. The van der Waals surface area contributed by atoms with Crippen LogP contribution in [0, 0.1) is 5.41 Å². The van der Waals surface area contributed by atoms with E-state index in [-0.39, 0.29) is 0 Å². The van der Waals surface area contributed by atoms with Crippen molar-refractivity contribution in [2.75, 3.05) is 36.9 Å². The molecule has 86 valence electrons. The van der Waals surface area contributed by atoms with Crippen molar-refractivity contribution in [2.24, 2.45) is 5.41 Å². The molecule has 0 unspecified atom stereocenters. The first kappa shape index (κ1) is 9.90. The van der Waals surface area contributed by atoms with E-state index in [0.717, 1.165) is 32.1 Å². The number of hydrogen-bond acceptors (Lipinski definition) is 4. The van der Waals surface area contributed by atoms with E-state index >= 15 is 0 Å². The van der Waals surface area contributed by atoms with Gasteiger partial charge in [0.1, 0.15) is 11.6 Å². The van der Waals surface area contributed by atoms with Gasteiger partial charge in [0.2, 0.25) is 0 Å². The molecule has 2 N–H and O–H groups in total. The summed E-state index contributed by atoms with van der Waals surface area (Å²) in [4.78, 5) is 6.72. The lowest BCUT2D eigenvalue weighted by Gasteiger charge is -2.48. The molecule has 4 nitrogen and oxygen atoms in total. The maximum Gasteiger partial charge on any atom is 0.130 e. The standard InChI is InChI=1S/C12H17N3O/c13-10-3-1-4-11(14-10)15-6-2-5-12(7-15)8-16-9-12/h1,3-4H,2,5-9H2,(H2,13,14). The first-order valence-electron chi connectivity index (χ1n) is 5.83. The zero-order valence-corrected chi connectivity index (χ0v) is 9.35. The molecular formula is C12H17N3O. The monoisotopic (exact) mass is 219 g/mol. The highest BCUT2D eigenvalue weighted by Crippen LogP contribution is 2.38. The fourth-order valence-corrected chi connectivity index (χ4v) is 2.65. The number of nitrogens with two attached hydrogens (primary N) is 1. The highest BCUT2D eigenvalue weighted by molar-refractivity contribution is 5.45. The van der Waals surface area contributed by atoms with Gasteiger partial charge in [0.25, 0.3) is 0 Å². The molecule has 0 saturated carbocycles. The third kappa shape index (κ3) is 1.63. The van der Waals surface area contributed by atoms with Crippen LogP contribution >= 0.6 is 0 Å². The first-order chi connectivity index (χ1) is 7.77. The highest BCUT2D eigenvalue weighted by Gasteiger charge is 2.42. The minimum absolute atomic E-state index is 0.393. The van der Waals surface area contributed by atoms with Gasteiger partial charge in [0, 0.05) is 18.5 Å². The molecule has 0 amide bonds. The predicted molar refractivity (Wildman–Crippen MR) is 63.3 cm³/mol. The Hall–Kier alpha value is -1.29. The molecule has 16 heavy (non-hydrogen) atoms. The van der Waals surface area contributed by atoms with E-state index in [4.69, 9.17) is 10.5 Å². The van der Waals surface area contributed by atoms with E-state index in [0.29, 0.717) is 11.2 Å².